The summed E-state index contributed by atoms with van der Waals surface area (Å²) in [5, 5.41) is 3.25. The number of hydrogen-bond donors (Lipinski definition) is 1. The molecule has 18 heavy (non-hydrogen) atoms. The number of rotatable bonds is 5. The third-order valence-electron chi connectivity index (χ3n) is 3.61. The Morgan fingerprint density at radius 2 is 1.83 bits per heavy atom. The van der Waals surface area contributed by atoms with Crippen molar-refractivity contribution in [1.82, 2.24) is 5.32 Å². The van der Waals surface area contributed by atoms with Gasteiger partial charge in [0.1, 0.15) is 5.82 Å². The maximum Gasteiger partial charge on any atom is 0.161 e. The maximum atomic E-state index is 13.8. The first-order valence-corrected chi connectivity index (χ1v) is 6.51. The molecule has 0 aromatic heterocycles. The molecule has 0 amide bonds. The Balaban J connectivity index is 2.25. The van der Waals surface area contributed by atoms with E-state index in [2.05, 4.69) is 5.32 Å². The van der Waals surface area contributed by atoms with Crippen LogP contribution in [0.25, 0.3) is 0 Å². The lowest BCUT2D eigenvalue weighted by molar-refractivity contribution is 0.226. The molecule has 4 heteroatoms. The molecular formula is C14H18F3N. The van der Waals surface area contributed by atoms with Gasteiger partial charge < -0.3 is 5.32 Å². The van der Waals surface area contributed by atoms with Crippen molar-refractivity contribution in [3.63, 3.8) is 0 Å². The van der Waals surface area contributed by atoms with Crippen molar-refractivity contribution in [1.29, 1.82) is 0 Å². The summed E-state index contributed by atoms with van der Waals surface area (Å²) in [6.07, 6.45) is 4.08. The van der Waals surface area contributed by atoms with E-state index in [0.29, 0.717) is 12.0 Å². The second-order valence-electron chi connectivity index (χ2n) is 4.91. The number of halogens is 3. The molecule has 1 aromatic rings. The molecule has 100 valence electrons. The Morgan fingerprint density at radius 1 is 1.17 bits per heavy atom. The van der Waals surface area contributed by atoms with Gasteiger partial charge in [-0.25, -0.2) is 13.2 Å². The number of benzene rings is 1. The highest BCUT2D eigenvalue weighted by Gasteiger charge is 2.30. The highest BCUT2D eigenvalue weighted by atomic mass is 19.2. The van der Waals surface area contributed by atoms with Gasteiger partial charge in [-0.15, -0.1) is 0 Å². The normalized spacial score (nSPS) is 17.6. The summed E-state index contributed by atoms with van der Waals surface area (Å²) in [5.41, 5.74) is 0.257. The van der Waals surface area contributed by atoms with Crippen molar-refractivity contribution in [2.75, 3.05) is 6.54 Å². The van der Waals surface area contributed by atoms with Crippen LogP contribution in [0.1, 0.15) is 44.2 Å². The molecule has 1 aliphatic carbocycles. The minimum absolute atomic E-state index is 0.200. The van der Waals surface area contributed by atoms with E-state index in [9.17, 15) is 13.2 Å². The molecule has 1 saturated carbocycles. The molecule has 0 radical (unpaired) electrons. The Kier molecular flexibility index (Phi) is 4.27. The zero-order valence-corrected chi connectivity index (χ0v) is 10.5. The molecule has 1 N–H and O–H groups in total. The van der Waals surface area contributed by atoms with Crippen molar-refractivity contribution in [3.8, 4) is 0 Å². The van der Waals surface area contributed by atoms with Gasteiger partial charge in [0.05, 0.1) is 0 Å². The predicted octanol–water partition coefficient (Wildman–Crippen LogP) is 3.94. The van der Waals surface area contributed by atoms with E-state index in [4.69, 9.17) is 0 Å². The lowest BCUT2D eigenvalue weighted by atomic mass is 9.77. The summed E-state index contributed by atoms with van der Waals surface area (Å²) >= 11 is 0. The van der Waals surface area contributed by atoms with Gasteiger partial charge in [0.2, 0.25) is 0 Å². The highest BCUT2D eigenvalue weighted by Crippen LogP contribution is 2.38. The zero-order chi connectivity index (χ0) is 13.1. The van der Waals surface area contributed by atoms with Gasteiger partial charge in [-0.3, -0.25) is 0 Å². The fraction of sp³-hybridized carbons (Fsp3) is 0.571. The second-order valence-corrected chi connectivity index (χ2v) is 4.91. The average Bonchev–Trinajstić information content (AvgIpc) is 2.27. The molecule has 0 aliphatic heterocycles. The van der Waals surface area contributed by atoms with E-state index in [-0.39, 0.29) is 11.6 Å². The zero-order valence-electron chi connectivity index (χ0n) is 10.5. The Bertz CT molecular complexity index is 416. The van der Waals surface area contributed by atoms with E-state index in [1.54, 1.807) is 0 Å². The van der Waals surface area contributed by atoms with Gasteiger partial charge in [-0.1, -0.05) is 13.3 Å². The predicted molar refractivity (Wildman–Crippen MR) is 64.7 cm³/mol. The third-order valence-corrected chi connectivity index (χ3v) is 3.61. The number of hydrogen-bond acceptors (Lipinski definition) is 1. The van der Waals surface area contributed by atoms with Crippen LogP contribution >= 0.6 is 0 Å². The van der Waals surface area contributed by atoms with Crippen LogP contribution in [0, 0.1) is 23.4 Å². The lowest BCUT2D eigenvalue weighted by Crippen LogP contribution is -2.33. The first-order valence-electron chi connectivity index (χ1n) is 6.51. The van der Waals surface area contributed by atoms with Gasteiger partial charge in [-0.2, -0.15) is 0 Å². The van der Waals surface area contributed by atoms with Crippen LogP contribution in [0.5, 0.6) is 0 Å². The topological polar surface area (TPSA) is 12.0 Å². The first-order chi connectivity index (χ1) is 8.63. The van der Waals surface area contributed by atoms with Crippen LogP contribution in [0.15, 0.2) is 12.1 Å². The summed E-state index contributed by atoms with van der Waals surface area (Å²) in [4.78, 5) is 0. The second kappa shape index (κ2) is 5.74. The molecule has 1 aliphatic rings. The fourth-order valence-corrected chi connectivity index (χ4v) is 2.38. The first kappa shape index (κ1) is 13.4. The van der Waals surface area contributed by atoms with Crippen LogP contribution in [-0.4, -0.2) is 6.54 Å². The van der Waals surface area contributed by atoms with Crippen LogP contribution in [0.2, 0.25) is 0 Å². The van der Waals surface area contributed by atoms with Gasteiger partial charge in [-0.05, 0) is 37.8 Å². The van der Waals surface area contributed by atoms with Crippen molar-refractivity contribution < 1.29 is 13.2 Å². The summed E-state index contributed by atoms with van der Waals surface area (Å²) < 4.78 is 40.0. The molecule has 0 heterocycles. The maximum absolute atomic E-state index is 13.8. The van der Waals surface area contributed by atoms with E-state index in [1.165, 1.54) is 0 Å². The van der Waals surface area contributed by atoms with Crippen LogP contribution in [-0.2, 0) is 0 Å². The minimum Gasteiger partial charge on any atom is -0.310 e. The van der Waals surface area contributed by atoms with E-state index in [0.717, 1.165) is 38.3 Å². The molecule has 1 unspecified atom stereocenters. The summed E-state index contributed by atoms with van der Waals surface area (Å²) in [5.74, 6) is -2.43. The van der Waals surface area contributed by atoms with Crippen LogP contribution in [0.4, 0.5) is 13.2 Å². The quantitative estimate of drug-likeness (QED) is 0.788. The summed E-state index contributed by atoms with van der Waals surface area (Å²) in [7, 11) is 0. The largest absolute Gasteiger partial charge is 0.310 e. The minimum atomic E-state index is -1.13. The lowest BCUT2D eigenvalue weighted by Gasteiger charge is -2.35. The Labute approximate surface area is 105 Å². The molecule has 2 rings (SSSR count). The van der Waals surface area contributed by atoms with Crippen molar-refractivity contribution in [2.24, 2.45) is 5.92 Å². The van der Waals surface area contributed by atoms with E-state index in [1.807, 2.05) is 6.92 Å². The molecule has 1 atom stereocenters. The molecule has 0 spiro atoms. The van der Waals surface area contributed by atoms with Crippen LogP contribution < -0.4 is 5.32 Å². The molecule has 0 saturated heterocycles. The van der Waals surface area contributed by atoms with Crippen LogP contribution in [0.3, 0.4) is 0 Å². The highest BCUT2D eigenvalue weighted by molar-refractivity contribution is 5.24. The van der Waals surface area contributed by atoms with Crippen molar-refractivity contribution in [3.05, 3.63) is 35.1 Å². The Morgan fingerprint density at radius 3 is 2.39 bits per heavy atom. The third kappa shape index (κ3) is 2.69. The SMILES string of the molecule is CCCNC(c1cc(F)c(F)cc1F)C1CCC1. The summed E-state index contributed by atoms with van der Waals surface area (Å²) in [6, 6.07) is 1.44. The van der Waals surface area contributed by atoms with Gasteiger partial charge in [0, 0.05) is 17.7 Å². The monoisotopic (exact) mass is 257 g/mol. The molecular weight excluding hydrogens is 239 g/mol. The average molecular weight is 257 g/mol. The fourth-order valence-electron chi connectivity index (χ4n) is 2.38. The molecule has 1 aromatic carbocycles. The molecule has 0 bridgehead atoms. The Hall–Kier alpha value is -1.03. The van der Waals surface area contributed by atoms with Gasteiger partial charge in [0.25, 0.3) is 0 Å². The number of nitrogens with one attached hydrogen (secondary N) is 1. The smallest absolute Gasteiger partial charge is 0.161 e. The van der Waals surface area contributed by atoms with Crippen molar-refractivity contribution >= 4 is 0 Å². The van der Waals surface area contributed by atoms with Gasteiger partial charge in [0.15, 0.2) is 11.6 Å². The molecule has 1 fully saturated rings. The standard InChI is InChI=1S/C14H18F3N/c1-2-6-18-14(9-4-3-5-9)10-7-12(16)13(17)8-11(10)15/h7-9,14,18H,2-6H2,1H3. The molecule has 1 nitrogen and oxygen atoms in total. The van der Waals surface area contributed by atoms with Gasteiger partial charge >= 0.3 is 0 Å². The van der Waals surface area contributed by atoms with E-state index >= 15 is 0 Å². The van der Waals surface area contributed by atoms with E-state index < -0.39 is 17.5 Å². The summed E-state index contributed by atoms with van der Waals surface area (Å²) in [6.45, 7) is 2.77. The van der Waals surface area contributed by atoms with Crippen molar-refractivity contribution in [2.45, 2.75) is 38.6 Å².